The number of rotatable bonds is 3. The van der Waals surface area contributed by atoms with Gasteiger partial charge in [-0.1, -0.05) is 33.7 Å². The fourth-order valence-corrected chi connectivity index (χ4v) is 0.895. The average molecular weight is 244 g/mol. The molecule has 0 aromatic rings. The predicted molar refractivity (Wildman–Crippen MR) is 58.4 cm³/mol. The van der Waals surface area contributed by atoms with Crippen LogP contribution in [0.3, 0.4) is 0 Å². The summed E-state index contributed by atoms with van der Waals surface area (Å²) in [5.41, 5.74) is 5.65. The molecule has 0 radical (unpaired) electrons. The largest absolute Gasteiger partial charge is 0.384 e. The van der Waals surface area contributed by atoms with Crippen molar-refractivity contribution in [3.05, 3.63) is 0 Å². The van der Waals surface area contributed by atoms with Gasteiger partial charge in [0.15, 0.2) is 0 Å². The Kier molecular flexibility index (Phi) is 5.82. The van der Waals surface area contributed by atoms with Crippen LogP contribution < -0.4 is 5.73 Å². The average Bonchev–Trinajstić information content (AvgIpc) is 2.11. The topological polar surface area (TPSA) is 35.2 Å². The highest BCUT2D eigenvalue weighted by molar-refractivity contribution is 9.10. The summed E-state index contributed by atoms with van der Waals surface area (Å²) in [6.45, 7) is 2.48. The molecule has 0 fully saturated rings. The Morgan fingerprint density at radius 2 is 2.31 bits per heavy atom. The van der Waals surface area contributed by atoms with E-state index in [1.165, 1.54) is 0 Å². The monoisotopic (exact) mass is 243 g/mol. The van der Waals surface area contributed by atoms with Crippen LogP contribution in [-0.2, 0) is 4.74 Å². The van der Waals surface area contributed by atoms with Gasteiger partial charge in [0.1, 0.15) is 4.32 Å². The molecule has 2 atom stereocenters. The fourth-order valence-electron chi connectivity index (χ4n) is 0.623. The molecule has 0 aromatic heterocycles. The second-order valence-corrected chi connectivity index (χ2v) is 4.41. The Hall–Kier alpha value is -0.480. The standard InChI is InChI=1S/C10H14BrNO/c1-4-9(12)10(2,11)7-5-6-8-13-3/h1,9H,6,8,12H2,2-3H3. The number of alkyl halides is 1. The SMILES string of the molecule is C#CC(N)C(C)(Br)C#CCCOC. The van der Waals surface area contributed by atoms with Crippen molar-refractivity contribution in [1.82, 2.24) is 0 Å². The molecule has 0 aromatic carbocycles. The Morgan fingerprint density at radius 3 is 2.77 bits per heavy atom. The molecule has 0 saturated heterocycles. The Bertz CT molecular complexity index is 244. The highest BCUT2D eigenvalue weighted by Gasteiger charge is 2.24. The van der Waals surface area contributed by atoms with Crippen molar-refractivity contribution in [1.29, 1.82) is 0 Å². The van der Waals surface area contributed by atoms with E-state index in [0.717, 1.165) is 0 Å². The van der Waals surface area contributed by atoms with E-state index in [1.54, 1.807) is 7.11 Å². The highest BCUT2D eigenvalue weighted by Crippen LogP contribution is 2.18. The zero-order chi connectivity index (χ0) is 10.3. The number of halogens is 1. The van der Waals surface area contributed by atoms with Gasteiger partial charge >= 0.3 is 0 Å². The molecule has 3 heteroatoms. The summed E-state index contributed by atoms with van der Waals surface area (Å²) in [7, 11) is 1.64. The normalized spacial score (nSPS) is 16.2. The van der Waals surface area contributed by atoms with Gasteiger partial charge in [0.2, 0.25) is 0 Å². The lowest BCUT2D eigenvalue weighted by molar-refractivity contribution is 0.206. The van der Waals surface area contributed by atoms with E-state index in [2.05, 4.69) is 33.7 Å². The zero-order valence-corrected chi connectivity index (χ0v) is 9.52. The quantitative estimate of drug-likeness (QED) is 0.459. The molecule has 0 aliphatic heterocycles. The summed E-state index contributed by atoms with van der Waals surface area (Å²) < 4.78 is 4.35. The van der Waals surface area contributed by atoms with Gasteiger partial charge in [0.05, 0.1) is 12.6 Å². The van der Waals surface area contributed by atoms with Crippen LogP contribution in [0, 0.1) is 24.2 Å². The third-order valence-corrected chi connectivity index (χ3v) is 2.22. The maximum atomic E-state index is 5.65. The predicted octanol–water partition coefficient (Wildman–Crippen LogP) is 1.14. The first-order valence-electron chi connectivity index (χ1n) is 3.94. The number of nitrogens with two attached hydrogens (primary N) is 1. The minimum atomic E-state index is -0.504. The van der Waals surface area contributed by atoms with Gasteiger partial charge in [0.25, 0.3) is 0 Å². The second kappa shape index (κ2) is 6.05. The molecule has 0 rings (SSSR count). The number of methoxy groups -OCH3 is 1. The van der Waals surface area contributed by atoms with Crippen LogP contribution in [0.15, 0.2) is 0 Å². The minimum absolute atomic E-state index is 0.400. The van der Waals surface area contributed by atoms with E-state index in [4.69, 9.17) is 16.9 Å². The molecule has 0 spiro atoms. The Morgan fingerprint density at radius 1 is 1.69 bits per heavy atom. The Balaban J connectivity index is 4.14. The molecule has 0 saturated carbocycles. The van der Waals surface area contributed by atoms with E-state index in [-0.39, 0.29) is 0 Å². The molecule has 72 valence electrons. The van der Waals surface area contributed by atoms with Gasteiger partial charge in [-0.25, -0.2) is 0 Å². The van der Waals surface area contributed by atoms with Crippen LogP contribution in [0.4, 0.5) is 0 Å². The van der Waals surface area contributed by atoms with E-state index in [9.17, 15) is 0 Å². The number of ether oxygens (including phenoxy) is 1. The molecule has 0 bridgehead atoms. The van der Waals surface area contributed by atoms with Crippen LogP contribution in [0.2, 0.25) is 0 Å². The molecule has 0 amide bonds. The first-order chi connectivity index (χ1) is 6.04. The van der Waals surface area contributed by atoms with Crippen molar-refractivity contribution < 1.29 is 4.74 Å². The number of terminal acetylenes is 1. The van der Waals surface area contributed by atoms with E-state index in [0.29, 0.717) is 13.0 Å². The fraction of sp³-hybridized carbons (Fsp3) is 0.600. The van der Waals surface area contributed by atoms with Crippen molar-refractivity contribution in [3.63, 3.8) is 0 Å². The van der Waals surface area contributed by atoms with Crippen molar-refractivity contribution in [2.45, 2.75) is 23.7 Å². The first-order valence-corrected chi connectivity index (χ1v) is 4.73. The summed E-state index contributed by atoms with van der Waals surface area (Å²) >= 11 is 3.38. The van der Waals surface area contributed by atoms with Gasteiger partial charge in [-0.2, -0.15) is 0 Å². The molecule has 13 heavy (non-hydrogen) atoms. The second-order valence-electron chi connectivity index (χ2n) is 2.76. The molecule has 0 aliphatic rings. The van der Waals surface area contributed by atoms with Gasteiger partial charge in [-0.3, -0.25) is 0 Å². The summed E-state index contributed by atoms with van der Waals surface area (Å²) in [5.74, 6) is 8.35. The Labute approximate surface area is 88.3 Å². The van der Waals surface area contributed by atoms with Crippen LogP contribution in [0.5, 0.6) is 0 Å². The molecule has 2 N–H and O–H groups in total. The lowest BCUT2D eigenvalue weighted by atomic mass is 10.0. The van der Waals surface area contributed by atoms with Crippen molar-refractivity contribution >= 4 is 15.9 Å². The van der Waals surface area contributed by atoms with Crippen LogP contribution >= 0.6 is 15.9 Å². The highest BCUT2D eigenvalue weighted by atomic mass is 79.9. The van der Waals surface area contributed by atoms with Gasteiger partial charge in [-0.15, -0.1) is 6.42 Å². The lowest BCUT2D eigenvalue weighted by Gasteiger charge is -2.18. The summed E-state index contributed by atoms with van der Waals surface area (Å²) in [6.07, 6.45) is 5.88. The van der Waals surface area contributed by atoms with Gasteiger partial charge < -0.3 is 10.5 Å². The lowest BCUT2D eigenvalue weighted by Crippen LogP contribution is -2.38. The molecule has 0 aliphatic carbocycles. The smallest absolute Gasteiger partial charge is 0.110 e. The van der Waals surface area contributed by atoms with Gasteiger partial charge in [-0.05, 0) is 6.92 Å². The third-order valence-electron chi connectivity index (χ3n) is 1.53. The van der Waals surface area contributed by atoms with E-state index < -0.39 is 10.4 Å². The third kappa shape index (κ3) is 4.95. The molecular weight excluding hydrogens is 230 g/mol. The maximum absolute atomic E-state index is 5.65. The maximum Gasteiger partial charge on any atom is 0.110 e. The molecule has 2 unspecified atom stereocenters. The number of hydrogen-bond donors (Lipinski definition) is 1. The zero-order valence-electron chi connectivity index (χ0n) is 7.93. The summed E-state index contributed by atoms with van der Waals surface area (Å²) in [6, 6.07) is -0.400. The van der Waals surface area contributed by atoms with Crippen LogP contribution in [-0.4, -0.2) is 24.1 Å². The van der Waals surface area contributed by atoms with Crippen molar-refractivity contribution in [2.75, 3.05) is 13.7 Å². The summed E-state index contributed by atoms with van der Waals surface area (Å²) in [5, 5.41) is 0. The molecular formula is C10H14BrNO. The van der Waals surface area contributed by atoms with Crippen molar-refractivity contribution in [3.8, 4) is 24.2 Å². The minimum Gasteiger partial charge on any atom is -0.384 e. The first kappa shape index (κ1) is 12.5. The van der Waals surface area contributed by atoms with Crippen molar-refractivity contribution in [2.24, 2.45) is 5.73 Å². The summed E-state index contributed by atoms with van der Waals surface area (Å²) in [4.78, 5) is 0. The van der Waals surface area contributed by atoms with Crippen LogP contribution in [0.1, 0.15) is 13.3 Å². The van der Waals surface area contributed by atoms with Gasteiger partial charge in [0, 0.05) is 13.5 Å². The van der Waals surface area contributed by atoms with Crippen LogP contribution in [0.25, 0.3) is 0 Å². The molecule has 0 heterocycles. The van der Waals surface area contributed by atoms with E-state index >= 15 is 0 Å². The van der Waals surface area contributed by atoms with E-state index in [1.807, 2.05) is 6.92 Å². The molecule has 2 nitrogen and oxygen atoms in total. The number of hydrogen-bond acceptors (Lipinski definition) is 2.